The summed E-state index contributed by atoms with van der Waals surface area (Å²) in [6, 6.07) is 8.86. The topological polar surface area (TPSA) is 30.5 Å². The van der Waals surface area contributed by atoms with Crippen LogP contribution >= 0.6 is 0 Å². The molecular formula is C14H23NO2. The lowest BCUT2D eigenvalue weighted by Gasteiger charge is -2.14. The fraction of sp³-hybridized carbons (Fsp3) is 0.571. The molecule has 0 spiro atoms. The number of methoxy groups -OCH3 is 1. The SMILES string of the molecule is CCC(C)Nc1cccc(COCCOC)c1. The maximum Gasteiger partial charge on any atom is 0.0718 e. The molecule has 1 unspecified atom stereocenters. The molecule has 0 bridgehead atoms. The average molecular weight is 237 g/mol. The van der Waals surface area contributed by atoms with Crippen LogP contribution in [0.5, 0.6) is 0 Å². The number of hydrogen-bond donors (Lipinski definition) is 1. The Morgan fingerprint density at radius 2 is 2.12 bits per heavy atom. The number of ether oxygens (including phenoxy) is 2. The van der Waals surface area contributed by atoms with Gasteiger partial charge in [0.1, 0.15) is 0 Å². The molecule has 0 radical (unpaired) electrons. The molecular weight excluding hydrogens is 214 g/mol. The molecule has 0 aliphatic carbocycles. The minimum atomic E-state index is 0.500. The molecule has 1 aromatic carbocycles. The van der Waals surface area contributed by atoms with Crippen LogP contribution < -0.4 is 5.32 Å². The Bertz CT molecular complexity index is 315. The van der Waals surface area contributed by atoms with Gasteiger partial charge in [0.2, 0.25) is 0 Å². The second-order valence-electron chi connectivity index (χ2n) is 4.20. The summed E-state index contributed by atoms with van der Waals surface area (Å²) in [5, 5.41) is 3.45. The van der Waals surface area contributed by atoms with Crippen molar-refractivity contribution in [3.05, 3.63) is 29.8 Å². The van der Waals surface area contributed by atoms with Crippen LogP contribution in [-0.4, -0.2) is 26.4 Å². The van der Waals surface area contributed by atoms with E-state index in [-0.39, 0.29) is 0 Å². The second-order valence-corrected chi connectivity index (χ2v) is 4.20. The molecule has 0 heterocycles. The highest BCUT2D eigenvalue weighted by Crippen LogP contribution is 2.13. The molecule has 0 aliphatic heterocycles. The number of rotatable bonds is 8. The first kappa shape index (κ1) is 14.0. The first-order valence-electron chi connectivity index (χ1n) is 6.18. The minimum absolute atomic E-state index is 0.500. The number of nitrogens with one attached hydrogen (secondary N) is 1. The third-order valence-corrected chi connectivity index (χ3v) is 2.65. The Morgan fingerprint density at radius 3 is 2.82 bits per heavy atom. The molecule has 17 heavy (non-hydrogen) atoms. The average Bonchev–Trinajstić information content (AvgIpc) is 2.35. The van der Waals surface area contributed by atoms with Gasteiger partial charge in [-0.2, -0.15) is 0 Å². The zero-order valence-electron chi connectivity index (χ0n) is 11.0. The summed E-state index contributed by atoms with van der Waals surface area (Å²) < 4.78 is 10.4. The number of benzene rings is 1. The fourth-order valence-corrected chi connectivity index (χ4v) is 1.47. The molecule has 0 aromatic heterocycles. The van der Waals surface area contributed by atoms with Crippen molar-refractivity contribution in [1.82, 2.24) is 0 Å². The van der Waals surface area contributed by atoms with Crippen molar-refractivity contribution in [1.29, 1.82) is 0 Å². The Hall–Kier alpha value is -1.06. The van der Waals surface area contributed by atoms with Gasteiger partial charge in [0.05, 0.1) is 19.8 Å². The minimum Gasteiger partial charge on any atom is -0.383 e. The van der Waals surface area contributed by atoms with E-state index in [0.29, 0.717) is 25.9 Å². The predicted octanol–water partition coefficient (Wildman–Crippen LogP) is 3.06. The van der Waals surface area contributed by atoms with Gasteiger partial charge in [-0.3, -0.25) is 0 Å². The lowest BCUT2D eigenvalue weighted by Crippen LogP contribution is -2.13. The van der Waals surface area contributed by atoms with Gasteiger partial charge in [0.25, 0.3) is 0 Å². The standard InChI is InChI=1S/C14H23NO2/c1-4-12(2)15-14-7-5-6-13(10-14)11-17-9-8-16-3/h5-7,10,12,15H,4,8-9,11H2,1-3H3. The summed E-state index contributed by atoms with van der Waals surface area (Å²) in [5.74, 6) is 0. The normalized spacial score (nSPS) is 12.4. The second kappa shape index (κ2) is 8.09. The van der Waals surface area contributed by atoms with Crippen LogP contribution in [-0.2, 0) is 16.1 Å². The molecule has 0 amide bonds. The van der Waals surface area contributed by atoms with E-state index >= 15 is 0 Å². The third kappa shape index (κ3) is 5.71. The molecule has 1 N–H and O–H groups in total. The van der Waals surface area contributed by atoms with E-state index in [2.05, 4.69) is 43.4 Å². The van der Waals surface area contributed by atoms with E-state index in [1.165, 1.54) is 5.56 Å². The summed E-state index contributed by atoms with van der Waals surface area (Å²) in [6.45, 7) is 6.28. The van der Waals surface area contributed by atoms with Gasteiger partial charge < -0.3 is 14.8 Å². The molecule has 1 rings (SSSR count). The van der Waals surface area contributed by atoms with Crippen LogP contribution in [0, 0.1) is 0 Å². The number of hydrogen-bond acceptors (Lipinski definition) is 3. The molecule has 0 saturated heterocycles. The summed E-state index contributed by atoms with van der Waals surface area (Å²) >= 11 is 0. The highest BCUT2D eigenvalue weighted by atomic mass is 16.5. The quantitative estimate of drug-likeness (QED) is 0.705. The number of anilines is 1. The van der Waals surface area contributed by atoms with Crippen LogP contribution in [0.25, 0.3) is 0 Å². The van der Waals surface area contributed by atoms with E-state index in [0.717, 1.165) is 12.1 Å². The Balaban J connectivity index is 2.42. The molecule has 3 heteroatoms. The highest BCUT2D eigenvalue weighted by molar-refractivity contribution is 5.46. The van der Waals surface area contributed by atoms with Gasteiger partial charge in [-0.05, 0) is 31.0 Å². The Labute approximate surface area is 104 Å². The van der Waals surface area contributed by atoms with Gasteiger partial charge in [0.15, 0.2) is 0 Å². The maximum atomic E-state index is 5.49. The van der Waals surface area contributed by atoms with Crippen molar-refractivity contribution in [3.63, 3.8) is 0 Å². The summed E-state index contributed by atoms with van der Waals surface area (Å²) in [7, 11) is 1.68. The van der Waals surface area contributed by atoms with Crippen LogP contribution in [0.4, 0.5) is 5.69 Å². The van der Waals surface area contributed by atoms with E-state index in [1.54, 1.807) is 7.11 Å². The van der Waals surface area contributed by atoms with E-state index < -0.39 is 0 Å². The van der Waals surface area contributed by atoms with Crippen LogP contribution in [0.3, 0.4) is 0 Å². The molecule has 0 saturated carbocycles. The molecule has 1 atom stereocenters. The molecule has 0 aliphatic rings. The first-order valence-corrected chi connectivity index (χ1v) is 6.18. The van der Waals surface area contributed by atoms with Crippen molar-refractivity contribution in [3.8, 4) is 0 Å². The van der Waals surface area contributed by atoms with Crippen LogP contribution in [0.15, 0.2) is 24.3 Å². The van der Waals surface area contributed by atoms with Crippen molar-refractivity contribution < 1.29 is 9.47 Å². The van der Waals surface area contributed by atoms with Gasteiger partial charge in [-0.25, -0.2) is 0 Å². The molecule has 3 nitrogen and oxygen atoms in total. The Kier molecular flexibility index (Phi) is 6.67. The van der Waals surface area contributed by atoms with Gasteiger partial charge in [0, 0.05) is 18.8 Å². The zero-order valence-corrected chi connectivity index (χ0v) is 11.0. The Morgan fingerprint density at radius 1 is 1.29 bits per heavy atom. The van der Waals surface area contributed by atoms with E-state index in [9.17, 15) is 0 Å². The lowest BCUT2D eigenvalue weighted by molar-refractivity contribution is 0.0617. The van der Waals surface area contributed by atoms with Crippen LogP contribution in [0.1, 0.15) is 25.8 Å². The molecule has 96 valence electrons. The van der Waals surface area contributed by atoms with Crippen molar-refractivity contribution >= 4 is 5.69 Å². The largest absolute Gasteiger partial charge is 0.383 e. The van der Waals surface area contributed by atoms with Crippen molar-refractivity contribution in [2.45, 2.75) is 32.9 Å². The van der Waals surface area contributed by atoms with Gasteiger partial charge >= 0.3 is 0 Å². The third-order valence-electron chi connectivity index (χ3n) is 2.65. The van der Waals surface area contributed by atoms with Gasteiger partial charge in [-0.1, -0.05) is 19.1 Å². The van der Waals surface area contributed by atoms with E-state index in [1.807, 2.05) is 0 Å². The lowest BCUT2D eigenvalue weighted by atomic mass is 10.2. The zero-order chi connectivity index (χ0) is 12.5. The first-order chi connectivity index (χ1) is 8.26. The molecule has 0 fully saturated rings. The van der Waals surface area contributed by atoms with Crippen molar-refractivity contribution in [2.75, 3.05) is 25.6 Å². The monoisotopic (exact) mass is 237 g/mol. The summed E-state index contributed by atoms with van der Waals surface area (Å²) in [5.41, 5.74) is 2.35. The highest BCUT2D eigenvalue weighted by Gasteiger charge is 2.00. The summed E-state index contributed by atoms with van der Waals surface area (Å²) in [4.78, 5) is 0. The summed E-state index contributed by atoms with van der Waals surface area (Å²) in [6.07, 6.45) is 1.12. The van der Waals surface area contributed by atoms with Gasteiger partial charge in [-0.15, -0.1) is 0 Å². The maximum absolute atomic E-state index is 5.49. The van der Waals surface area contributed by atoms with E-state index in [4.69, 9.17) is 9.47 Å². The predicted molar refractivity (Wildman–Crippen MR) is 71.3 cm³/mol. The van der Waals surface area contributed by atoms with Crippen molar-refractivity contribution in [2.24, 2.45) is 0 Å². The smallest absolute Gasteiger partial charge is 0.0718 e. The molecule has 1 aromatic rings. The van der Waals surface area contributed by atoms with Crippen LogP contribution in [0.2, 0.25) is 0 Å². The fourth-order valence-electron chi connectivity index (χ4n) is 1.47.